The van der Waals surface area contributed by atoms with Gasteiger partial charge >= 0.3 is 5.97 Å². The molecule has 0 saturated carbocycles. The van der Waals surface area contributed by atoms with Crippen molar-refractivity contribution in [3.63, 3.8) is 0 Å². The predicted octanol–water partition coefficient (Wildman–Crippen LogP) is 2.15. The molecule has 0 atom stereocenters. The first-order valence-electron chi connectivity index (χ1n) is 7.07. The van der Waals surface area contributed by atoms with E-state index in [0.717, 1.165) is 0 Å². The van der Waals surface area contributed by atoms with Crippen LogP contribution in [0.4, 0.5) is 0 Å². The minimum atomic E-state index is -3.65. The summed E-state index contributed by atoms with van der Waals surface area (Å²) in [5.41, 5.74) is 1.52. The highest BCUT2D eigenvalue weighted by atomic mass is 32.2. The second-order valence-electron chi connectivity index (χ2n) is 5.21. The Hall–Kier alpha value is -2.71. The molecule has 8 heteroatoms. The third kappa shape index (κ3) is 3.61. The second-order valence-corrected chi connectivity index (χ2v) is 7.02. The van der Waals surface area contributed by atoms with Gasteiger partial charge in [-0.1, -0.05) is 29.4 Å². The highest BCUT2D eigenvalue weighted by Gasteiger charge is 2.17. The van der Waals surface area contributed by atoms with Crippen LogP contribution in [0.1, 0.15) is 21.6 Å². The van der Waals surface area contributed by atoms with E-state index in [2.05, 4.69) is 9.88 Å². The third-order valence-electron chi connectivity index (χ3n) is 3.45. The van der Waals surface area contributed by atoms with Crippen LogP contribution in [0, 0.1) is 0 Å². The van der Waals surface area contributed by atoms with Crippen molar-refractivity contribution in [3.05, 3.63) is 65.4 Å². The molecule has 1 heterocycles. The fraction of sp³-hybridized carbons (Fsp3) is 0.125. The molecule has 2 N–H and O–H groups in total. The highest BCUT2D eigenvalue weighted by Crippen LogP contribution is 2.19. The molecular formula is C16H14N2O5S. The molecule has 0 saturated heterocycles. The average Bonchev–Trinajstić information content (AvgIpc) is 2.96. The van der Waals surface area contributed by atoms with Crippen LogP contribution in [-0.4, -0.2) is 24.7 Å². The van der Waals surface area contributed by atoms with Crippen molar-refractivity contribution >= 4 is 27.0 Å². The molecule has 0 spiro atoms. The molecule has 1 aromatic heterocycles. The minimum absolute atomic E-state index is 0.000757. The van der Waals surface area contributed by atoms with Gasteiger partial charge in [-0.15, -0.1) is 0 Å². The van der Waals surface area contributed by atoms with E-state index in [1.54, 1.807) is 36.4 Å². The molecule has 0 aliphatic carbocycles. The summed E-state index contributed by atoms with van der Waals surface area (Å²) in [6.45, 7) is -0.000757. The number of nitrogens with zero attached hydrogens (tertiary/aromatic N) is 1. The van der Waals surface area contributed by atoms with Gasteiger partial charge < -0.3 is 9.63 Å². The van der Waals surface area contributed by atoms with Crippen molar-refractivity contribution in [2.75, 3.05) is 0 Å². The van der Waals surface area contributed by atoms with E-state index in [0.29, 0.717) is 22.2 Å². The normalized spacial score (nSPS) is 11.7. The Labute approximate surface area is 137 Å². The van der Waals surface area contributed by atoms with Gasteiger partial charge in [0.2, 0.25) is 10.0 Å². The number of para-hydroxylation sites is 1. The number of hydrogen-bond acceptors (Lipinski definition) is 5. The maximum absolute atomic E-state index is 12.2. The molecule has 24 heavy (non-hydrogen) atoms. The van der Waals surface area contributed by atoms with Crippen molar-refractivity contribution in [1.82, 2.24) is 9.88 Å². The largest absolute Gasteiger partial charge is 0.478 e. The summed E-state index contributed by atoms with van der Waals surface area (Å²) in [7, 11) is -3.65. The molecule has 7 nitrogen and oxygen atoms in total. The van der Waals surface area contributed by atoms with Crippen LogP contribution in [-0.2, 0) is 22.3 Å². The number of benzene rings is 2. The summed E-state index contributed by atoms with van der Waals surface area (Å²) in [4.78, 5) is 10.9. The van der Waals surface area contributed by atoms with Gasteiger partial charge in [0.15, 0.2) is 5.58 Å². The lowest BCUT2D eigenvalue weighted by Crippen LogP contribution is -2.25. The summed E-state index contributed by atoms with van der Waals surface area (Å²) >= 11 is 0. The van der Waals surface area contributed by atoms with Gasteiger partial charge in [-0.05, 0) is 29.8 Å². The summed E-state index contributed by atoms with van der Waals surface area (Å²) in [6.07, 6.45) is 0. The minimum Gasteiger partial charge on any atom is -0.478 e. The Kier molecular flexibility index (Phi) is 4.32. The third-order valence-corrected chi connectivity index (χ3v) is 4.69. The van der Waals surface area contributed by atoms with Crippen molar-refractivity contribution in [1.29, 1.82) is 0 Å². The monoisotopic (exact) mass is 346 g/mol. The number of carbonyl (C=O) groups is 1. The fourth-order valence-corrected chi connectivity index (χ4v) is 3.34. The summed E-state index contributed by atoms with van der Waals surface area (Å²) < 4.78 is 32.0. The molecule has 2 aromatic carbocycles. The first kappa shape index (κ1) is 16.2. The molecule has 3 aromatic rings. The van der Waals surface area contributed by atoms with Gasteiger partial charge in [0.25, 0.3) is 0 Å². The Morgan fingerprint density at radius 1 is 1.17 bits per heavy atom. The van der Waals surface area contributed by atoms with Crippen molar-refractivity contribution in [3.8, 4) is 0 Å². The number of sulfonamides is 1. The maximum atomic E-state index is 12.2. The van der Waals surface area contributed by atoms with Crippen LogP contribution in [0.5, 0.6) is 0 Å². The molecule has 0 aliphatic rings. The van der Waals surface area contributed by atoms with Crippen LogP contribution < -0.4 is 4.72 Å². The topological polar surface area (TPSA) is 110 Å². The number of carboxylic acid groups (broad SMARTS) is 1. The molecule has 0 amide bonds. The standard InChI is InChI=1S/C16H14N2O5S/c19-16(20)12-5-3-4-11(8-12)9-17-24(21,22)10-14-13-6-1-2-7-15(13)23-18-14/h1-8,17H,9-10H2,(H,19,20). The number of fused-ring (bicyclic) bond motifs is 1. The number of aromatic carboxylic acids is 1. The highest BCUT2D eigenvalue weighted by molar-refractivity contribution is 7.88. The zero-order chi connectivity index (χ0) is 17.2. The Balaban J connectivity index is 1.72. The quantitative estimate of drug-likeness (QED) is 0.708. The number of hydrogen-bond donors (Lipinski definition) is 2. The van der Waals surface area contributed by atoms with E-state index in [-0.39, 0.29) is 17.9 Å². The zero-order valence-electron chi connectivity index (χ0n) is 12.5. The molecule has 0 fully saturated rings. The van der Waals surface area contributed by atoms with Gasteiger partial charge in [-0.2, -0.15) is 0 Å². The molecule has 124 valence electrons. The average molecular weight is 346 g/mol. The maximum Gasteiger partial charge on any atom is 0.335 e. The van der Waals surface area contributed by atoms with Crippen LogP contribution in [0.2, 0.25) is 0 Å². The predicted molar refractivity (Wildman–Crippen MR) is 86.9 cm³/mol. The lowest BCUT2D eigenvalue weighted by molar-refractivity contribution is 0.0696. The number of carboxylic acids is 1. The molecule has 3 rings (SSSR count). The first-order chi connectivity index (χ1) is 11.4. The van der Waals surface area contributed by atoms with Gasteiger partial charge in [0.05, 0.1) is 5.56 Å². The SMILES string of the molecule is O=C(O)c1cccc(CNS(=O)(=O)Cc2noc3ccccc23)c1. The molecule has 0 radical (unpaired) electrons. The number of aromatic nitrogens is 1. The van der Waals surface area contributed by atoms with Gasteiger partial charge in [-0.3, -0.25) is 0 Å². The van der Waals surface area contributed by atoms with Gasteiger partial charge in [0, 0.05) is 11.9 Å². The molecular weight excluding hydrogens is 332 g/mol. The van der Waals surface area contributed by atoms with Crippen LogP contribution in [0.3, 0.4) is 0 Å². The molecule has 0 bridgehead atoms. The van der Waals surface area contributed by atoms with Gasteiger partial charge in [-0.25, -0.2) is 17.9 Å². The van der Waals surface area contributed by atoms with Crippen molar-refractivity contribution in [2.45, 2.75) is 12.3 Å². The second kappa shape index (κ2) is 6.42. The molecule has 0 unspecified atom stereocenters. The lowest BCUT2D eigenvalue weighted by Gasteiger charge is -2.06. The summed E-state index contributed by atoms with van der Waals surface area (Å²) in [5.74, 6) is -1.38. The van der Waals surface area contributed by atoms with Crippen LogP contribution >= 0.6 is 0 Å². The Morgan fingerprint density at radius 2 is 1.96 bits per heavy atom. The first-order valence-corrected chi connectivity index (χ1v) is 8.73. The number of rotatable bonds is 6. The van der Waals surface area contributed by atoms with Crippen molar-refractivity contribution in [2.24, 2.45) is 0 Å². The smallest absolute Gasteiger partial charge is 0.335 e. The van der Waals surface area contributed by atoms with Crippen LogP contribution in [0.25, 0.3) is 11.0 Å². The van der Waals surface area contributed by atoms with E-state index in [1.807, 2.05) is 0 Å². The fourth-order valence-electron chi connectivity index (χ4n) is 2.28. The summed E-state index contributed by atoms with van der Waals surface area (Å²) in [5, 5.41) is 13.4. The van der Waals surface area contributed by atoms with E-state index in [1.165, 1.54) is 12.1 Å². The van der Waals surface area contributed by atoms with E-state index >= 15 is 0 Å². The Bertz CT molecular complexity index is 994. The summed E-state index contributed by atoms with van der Waals surface area (Å²) in [6, 6.07) is 13.1. The lowest BCUT2D eigenvalue weighted by atomic mass is 10.1. The van der Waals surface area contributed by atoms with E-state index in [9.17, 15) is 13.2 Å². The van der Waals surface area contributed by atoms with E-state index < -0.39 is 16.0 Å². The van der Waals surface area contributed by atoms with E-state index in [4.69, 9.17) is 9.63 Å². The zero-order valence-corrected chi connectivity index (χ0v) is 13.3. The Morgan fingerprint density at radius 3 is 2.75 bits per heavy atom. The van der Waals surface area contributed by atoms with Crippen molar-refractivity contribution < 1.29 is 22.8 Å². The van der Waals surface area contributed by atoms with Gasteiger partial charge in [0.1, 0.15) is 11.4 Å². The molecule has 0 aliphatic heterocycles. The van der Waals surface area contributed by atoms with Crippen LogP contribution in [0.15, 0.2) is 53.1 Å². The number of nitrogens with one attached hydrogen (secondary N) is 1.